The first kappa shape index (κ1) is 15.3. The Morgan fingerprint density at radius 1 is 1.24 bits per heavy atom. The fourth-order valence-electron chi connectivity index (χ4n) is 1.72. The second kappa shape index (κ2) is 5.72. The van der Waals surface area contributed by atoms with Crippen LogP contribution in [-0.2, 0) is 15.6 Å². The number of benzene rings is 2. The highest BCUT2D eigenvalue weighted by Crippen LogP contribution is 2.24. The van der Waals surface area contributed by atoms with Gasteiger partial charge in [-0.1, -0.05) is 17.7 Å². The minimum Gasteiger partial charge on any atom is -0.396 e. The van der Waals surface area contributed by atoms with Crippen LogP contribution in [0, 0.1) is 17.1 Å². The van der Waals surface area contributed by atoms with Crippen molar-refractivity contribution < 1.29 is 12.8 Å². The van der Waals surface area contributed by atoms with Gasteiger partial charge in [0.1, 0.15) is 5.82 Å². The summed E-state index contributed by atoms with van der Waals surface area (Å²) in [5.41, 5.74) is 5.87. The highest BCUT2D eigenvalue weighted by molar-refractivity contribution is 7.90. The van der Waals surface area contributed by atoms with Crippen molar-refractivity contribution in [3.05, 3.63) is 58.4 Å². The number of halogens is 2. The Labute approximate surface area is 126 Å². The first-order valence-corrected chi connectivity index (χ1v) is 7.83. The highest BCUT2D eigenvalue weighted by Gasteiger charge is 2.18. The average Bonchev–Trinajstić information content (AvgIpc) is 2.43. The topological polar surface area (TPSA) is 84.0 Å². The van der Waals surface area contributed by atoms with Crippen LogP contribution in [0.4, 0.5) is 10.1 Å². The molecule has 108 valence electrons. The van der Waals surface area contributed by atoms with E-state index < -0.39 is 15.7 Å². The highest BCUT2D eigenvalue weighted by atomic mass is 35.5. The van der Waals surface area contributed by atoms with Crippen molar-refractivity contribution in [1.82, 2.24) is 0 Å². The van der Waals surface area contributed by atoms with Crippen molar-refractivity contribution >= 4 is 27.1 Å². The van der Waals surface area contributed by atoms with E-state index in [0.717, 1.165) is 6.07 Å². The van der Waals surface area contributed by atoms with Crippen molar-refractivity contribution in [1.29, 1.82) is 5.26 Å². The van der Waals surface area contributed by atoms with Gasteiger partial charge in [-0.3, -0.25) is 0 Å². The number of nitrogens with zero attached hydrogens (tertiary/aromatic N) is 1. The number of nitrogen functional groups attached to an aromatic ring is 1. The zero-order valence-electron chi connectivity index (χ0n) is 10.7. The second-order valence-corrected chi connectivity index (χ2v) is 6.76. The number of rotatable bonds is 3. The minimum atomic E-state index is -3.76. The normalized spacial score (nSPS) is 11.1. The molecule has 0 spiro atoms. The Balaban J connectivity index is 2.37. The third-order valence-corrected chi connectivity index (χ3v) is 4.87. The Kier molecular flexibility index (Phi) is 4.16. The molecule has 0 atom stereocenters. The summed E-state index contributed by atoms with van der Waals surface area (Å²) in [6.07, 6.45) is 0. The van der Waals surface area contributed by atoms with Gasteiger partial charge in [0, 0.05) is 5.02 Å². The van der Waals surface area contributed by atoms with Crippen LogP contribution in [0.25, 0.3) is 0 Å². The Morgan fingerprint density at radius 3 is 2.52 bits per heavy atom. The molecule has 2 N–H and O–H groups in total. The quantitative estimate of drug-likeness (QED) is 0.880. The van der Waals surface area contributed by atoms with Crippen LogP contribution in [0.15, 0.2) is 41.3 Å². The van der Waals surface area contributed by atoms with Crippen LogP contribution < -0.4 is 5.73 Å². The molecule has 0 aliphatic rings. The molecule has 0 fully saturated rings. The van der Waals surface area contributed by atoms with Gasteiger partial charge in [0.25, 0.3) is 0 Å². The maximum absolute atomic E-state index is 13.4. The van der Waals surface area contributed by atoms with Crippen molar-refractivity contribution in [2.45, 2.75) is 10.6 Å². The minimum absolute atomic E-state index is 0.120. The number of anilines is 1. The average molecular weight is 325 g/mol. The van der Waals surface area contributed by atoms with E-state index in [9.17, 15) is 12.8 Å². The monoisotopic (exact) mass is 324 g/mol. The molecule has 7 heteroatoms. The molecular weight excluding hydrogens is 315 g/mol. The van der Waals surface area contributed by atoms with Gasteiger partial charge < -0.3 is 5.73 Å². The van der Waals surface area contributed by atoms with Crippen molar-refractivity contribution in [2.75, 3.05) is 5.73 Å². The van der Waals surface area contributed by atoms with E-state index >= 15 is 0 Å². The molecule has 0 saturated heterocycles. The largest absolute Gasteiger partial charge is 0.396 e. The molecule has 0 unspecified atom stereocenters. The van der Waals surface area contributed by atoms with Crippen LogP contribution >= 0.6 is 11.6 Å². The van der Waals surface area contributed by atoms with Crippen LogP contribution in [0.1, 0.15) is 11.1 Å². The molecule has 4 nitrogen and oxygen atoms in total. The zero-order chi connectivity index (χ0) is 15.6. The van der Waals surface area contributed by atoms with E-state index in [4.69, 9.17) is 22.6 Å². The maximum Gasteiger partial charge on any atom is 0.182 e. The molecule has 0 aliphatic heterocycles. The SMILES string of the molecule is N#Cc1ccc(CS(=O)(=O)c2ccc(N)c(F)c2)c(Cl)c1. The standard InChI is InChI=1S/C14H10ClFN2O2S/c15-12-5-9(7-17)1-2-10(12)8-21(19,20)11-3-4-14(18)13(16)6-11/h1-6H,8,18H2. The number of hydrogen-bond donors (Lipinski definition) is 1. The van der Waals surface area contributed by atoms with E-state index in [-0.39, 0.29) is 21.4 Å². The molecule has 0 aliphatic carbocycles. The Morgan fingerprint density at radius 2 is 1.95 bits per heavy atom. The Hall–Kier alpha value is -2.10. The van der Waals surface area contributed by atoms with E-state index in [1.807, 2.05) is 6.07 Å². The molecule has 2 rings (SSSR count). The number of nitrogens with two attached hydrogens (primary N) is 1. The van der Waals surface area contributed by atoms with E-state index in [1.165, 1.54) is 30.3 Å². The van der Waals surface area contributed by atoms with Gasteiger partial charge in [0.2, 0.25) is 0 Å². The van der Waals surface area contributed by atoms with Gasteiger partial charge in [-0.05, 0) is 35.9 Å². The van der Waals surface area contributed by atoms with Gasteiger partial charge in [0.15, 0.2) is 9.84 Å². The van der Waals surface area contributed by atoms with Gasteiger partial charge in [-0.25, -0.2) is 12.8 Å². The number of nitriles is 1. The first-order chi connectivity index (χ1) is 9.83. The number of hydrogen-bond acceptors (Lipinski definition) is 4. The molecule has 21 heavy (non-hydrogen) atoms. The second-order valence-electron chi connectivity index (χ2n) is 4.36. The lowest BCUT2D eigenvalue weighted by Crippen LogP contribution is -2.06. The molecule has 0 heterocycles. The summed E-state index contributed by atoms with van der Waals surface area (Å²) in [5, 5.41) is 8.91. The zero-order valence-corrected chi connectivity index (χ0v) is 12.2. The fraction of sp³-hybridized carbons (Fsp3) is 0.0714. The van der Waals surface area contributed by atoms with Crippen molar-refractivity contribution in [3.63, 3.8) is 0 Å². The first-order valence-electron chi connectivity index (χ1n) is 5.80. The summed E-state index contributed by atoms with van der Waals surface area (Å²) in [5.74, 6) is -1.18. The van der Waals surface area contributed by atoms with Gasteiger partial charge in [-0.15, -0.1) is 0 Å². The molecule has 0 radical (unpaired) electrons. The molecule has 0 saturated carbocycles. The predicted octanol–water partition coefficient (Wildman–Crippen LogP) is 2.91. The van der Waals surface area contributed by atoms with Crippen LogP contribution in [0.2, 0.25) is 5.02 Å². The summed E-state index contributed by atoms with van der Waals surface area (Å²) in [6, 6.07) is 9.54. The molecular formula is C14H10ClFN2O2S. The lowest BCUT2D eigenvalue weighted by atomic mass is 10.2. The summed E-state index contributed by atoms with van der Waals surface area (Å²) in [4.78, 5) is -0.172. The van der Waals surface area contributed by atoms with E-state index in [2.05, 4.69) is 0 Å². The van der Waals surface area contributed by atoms with Crippen LogP contribution in [-0.4, -0.2) is 8.42 Å². The fourth-order valence-corrected chi connectivity index (χ4v) is 3.44. The predicted molar refractivity (Wildman–Crippen MR) is 77.9 cm³/mol. The van der Waals surface area contributed by atoms with E-state index in [1.54, 1.807) is 0 Å². The molecule has 2 aromatic rings. The number of sulfone groups is 1. The Bertz CT molecular complexity index is 845. The smallest absolute Gasteiger partial charge is 0.182 e. The van der Waals surface area contributed by atoms with Gasteiger partial charge >= 0.3 is 0 Å². The third-order valence-electron chi connectivity index (χ3n) is 2.86. The van der Waals surface area contributed by atoms with Crippen LogP contribution in [0.3, 0.4) is 0 Å². The lowest BCUT2D eigenvalue weighted by Gasteiger charge is -2.07. The summed E-state index contributed by atoms with van der Waals surface area (Å²) < 4.78 is 37.9. The van der Waals surface area contributed by atoms with Crippen molar-refractivity contribution in [3.8, 4) is 6.07 Å². The van der Waals surface area contributed by atoms with E-state index in [0.29, 0.717) is 11.1 Å². The lowest BCUT2D eigenvalue weighted by molar-refractivity contribution is 0.591. The molecule has 0 amide bonds. The molecule has 2 aromatic carbocycles. The summed E-state index contributed by atoms with van der Waals surface area (Å²) in [7, 11) is -3.76. The third kappa shape index (κ3) is 3.32. The summed E-state index contributed by atoms with van der Waals surface area (Å²) in [6.45, 7) is 0. The van der Waals surface area contributed by atoms with Gasteiger partial charge in [-0.2, -0.15) is 5.26 Å². The maximum atomic E-state index is 13.4. The summed E-state index contributed by atoms with van der Waals surface area (Å²) >= 11 is 5.95. The van der Waals surface area contributed by atoms with Gasteiger partial charge in [0.05, 0.1) is 28.0 Å². The van der Waals surface area contributed by atoms with Crippen molar-refractivity contribution in [2.24, 2.45) is 0 Å². The van der Waals surface area contributed by atoms with Crippen LogP contribution in [0.5, 0.6) is 0 Å². The molecule has 0 aromatic heterocycles. The molecule has 0 bridgehead atoms.